The van der Waals surface area contributed by atoms with E-state index in [9.17, 15) is 14.3 Å². The lowest BCUT2D eigenvalue weighted by Crippen LogP contribution is -2.48. The van der Waals surface area contributed by atoms with Crippen molar-refractivity contribution in [1.82, 2.24) is 9.80 Å². The van der Waals surface area contributed by atoms with Crippen LogP contribution in [0.5, 0.6) is 11.5 Å². The quantitative estimate of drug-likeness (QED) is 0.537. The molecule has 0 aliphatic carbocycles. The predicted octanol–water partition coefficient (Wildman–Crippen LogP) is 2.86. The average Bonchev–Trinajstić information content (AvgIpc) is 3.13. The second-order valence-corrected chi connectivity index (χ2v) is 9.07. The van der Waals surface area contributed by atoms with E-state index in [2.05, 4.69) is 4.90 Å². The van der Waals surface area contributed by atoms with Crippen LogP contribution >= 0.6 is 0 Å². The van der Waals surface area contributed by atoms with Crippen LogP contribution in [0.4, 0.5) is 4.39 Å². The van der Waals surface area contributed by atoms with Crippen molar-refractivity contribution in [1.29, 1.82) is 0 Å². The summed E-state index contributed by atoms with van der Waals surface area (Å²) in [5.74, 6) is 1.03. The van der Waals surface area contributed by atoms with Crippen molar-refractivity contribution in [3.8, 4) is 11.5 Å². The Labute approximate surface area is 200 Å². The largest absolute Gasteiger partial charge is 0.494 e. The van der Waals surface area contributed by atoms with Crippen molar-refractivity contribution >= 4 is 5.91 Å². The number of ether oxygens (including phenoxy) is 3. The van der Waals surface area contributed by atoms with Gasteiger partial charge >= 0.3 is 0 Å². The molecule has 2 aliphatic heterocycles. The van der Waals surface area contributed by atoms with Gasteiger partial charge in [-0.1, -0.05) is 18.2 Å². The molecule has 7 nitrogen and oxygen atoms in total. The number of carbonyl (C=O) groups is 1. The Morgan fingerprint density at radius 1 is 1.09 bits per heavy atom. The molecular weight excluding hydrogens is 439 g/mol. The number of amides is 1. The minimum absolute atomic E-state index is 0.00955. The third kappa shape index (κ3) is 7.16. The molecule has 0 saturated carbocycles. The van der Waals surface area contributed by atoms with E-state index in [1.807, 2.05) is 29.2 Å². The maximum atomic E-state index is 13.4. The monoisotopic (exact) mass is 472 g/mol. The third-order valence-electron chi connectivity index (χ3n) is 6.06. The van der Waals surface area contributed by atoms with Gasteiger partial charge in [-0.2, -0.15) is 0 Å². The summed E-state index contributed by atoms with van der Waals surface area (Å²) in [6.07, 6.45) is 2.42. The predicted molar refractivity (Wildman–Crippen MR) is 125 cm³/mol. The number of likely N-dealkylation sites (tertiary alicyclic amines) is 1. The van der Waals surface area contributed by atoms with Crippen LogP contribution in [0.3, 0.4) is 0 Å². The van der Waals surface area contributed by atoms with Crippen LogP contribution in [-0.4, -0.2) is 79.0 Å². The molecule has 1 unspecified atom stereocenters. The zero-order valence-corrected chi connectivity index (χ0v) is 19.5. The lowest BCUT2D eigenvalue weighted by molar-refractivity contribution is -0.127. The summed E-state index contributed by atoms with van der Waals surface area (Å²) in [5.41, 5.74) is -0.133. The van der Waals surface area contributed by atoms with Gasteiger partial charge in [0.1, 0.15) is 29.5 Å². The average molecular weight is 473 g/mol. The molecule has 0 bridgehead atoms. The highest BCUT2D eigenvalue weighted by Crippen LogP contribution is 2.21. The standard InChI is InChI=1S/C26H33FN2O5/c27-22-6-2-8-24(16-22)34-20-26(31)18-28(12-14-32-19-26)17-21-5-1-7-23(15-21)33-13-4-11-29-10-3-9-25(29)30/h1-2,5-8,15-16,31H,3-4,9-14,17-20H2. The molecule has 1 atom stereocenters. The van der Waals surface area contributed by atoms with Crippen LogP contribution in [0.1, 0.15) is 24.8 Å². The van der Waals surface area contributed by atoms with Gasteiger partial charge in [-0.05, 0) is 42.7 Å². The van der Waals surface area contributed by atoms with Crippen LogP contribution < -0.4 is 9.47 Å². The summed E-state index contributed by atoms with van der Waals surface area (Å²) < 4.78 is 30.6. The summed E-state index contributed by atoms with van der Waals surface area (Å²) in [5, 5.41) is 11.1. The van der Waals surface area contributed by atoms with Crippen molar-refractivity contribution in [3.05, 3.63) is 59.9 Å². The molecule has 0 aromatic heterocycles. The highest BCUT2D eigenvalue weighted by atomic mass is 19.1. The third-order valence-corrected chi connectivity index (χ3v) is 6.06. The van der Waals surface area contributed by atoms with E-state index in [0.717, 1.165) is 37.2 Å². The summed E-state index contributed by atoms with van der Waals surface area (Å²) in [7, 11) is 0. The zero-order valence-electron chi connectivity index (χ0n) is 19.5. The van der Waals surface area contributed by atoms with Crippen molar-refractivity contribution in [2.75, 3.05) is 52.6 Å². The van der Waals surface area contributed by atoms with Gasteiger partial charge in [-0.15, -0.1) is 0 Å². The van der Waals surface area contributed by atoms with E-state index in [1.54, 1.807) is 12.1 Å². The van der Waals surface area contributed by atoms with Gasteiger partial charge in [0.2, 0.25) is 5.91 Å². The highest BCUT2D eigenvalue weighted by molar-refractivity contribution is 5.77. The molecule has 1 N–H and O–H groups in total. The molecule has 2 aromatic rings. The first-order chi connectivity index (χ1) is 16.5. The number of nitrogens with zero attached hydrogens (tertiary/aromatic N) is 2. The van der Waals surface area contributed by atoms with E-state index in [0.29, 0.717) is 45.0 Å². The minimum atomic E-state index is -1.20. The van der Waals surface area contributed by atoms with Crippen LogP contribution in [-0.2, 0) is 16.1 Å². The number of hydrogen-bond acceptors (Lipinski definition) is 6. The lowest BCUT2D eigenvalue weighted by Gasteiger charge is -2.30. The second-order valence-electron chi connectivity index (χ2n) is 9.07. The molecule has 2 aromatic carbocycles. The number of benzene rings is 2. The van der Waals surface area contributed by atoms with E-state index < -0.39 is 5.60 Å². The number of carbonyl (C=O) groups excluding carboxylic acids is 1. The molecule has 184 valence electrons. The maximum absolute atomic E-state index is 13.4. The number of β-amino-alcohol motifs (C(OH)–C–C–N with tert-alkyl or cyclic N) is 1. The maximum Gasteiger partial charge on any atom is 0.222 e. The minimum Gasteiger partial charge on any atom is -0.494 e. The van der Waals surface area contributed by atoms with Gasteiger partial charge in [-0.25, -0.2) is 4.39 Å². The van der Waals surface area contributed by atoms with Crippen LogP contribution in [0, 0.1) is 5.82 Å². The Bertz CT molecular complexity index is 958. The summed E-state index contributed by atoms with van der Waals surface area (Å²) >= 11 is 0. The van der Waals surface area contributed by atoms with Gasteiger partial charge < -0.3 is 24.2 Å². The smallest absolute Gasteiger partial charge is 0.222 e. The topological polar surface area (TPSA) is 71.5 Å². The number of hydrogen-bond donors (Lipinski definition) is 1. The first kappa shape index (κ1) is 24.4. The zero-order chi connectivity index (χ0) is 23.8. The molecule has 0 spiro atoms. The highest BCUT2D eigenvalue weighted by Gasteiger charge is 2.33. The molecule has 2 aliphatic rings. The Morgan fingerprint density at radius 3 is 2.71 bits per heavy atom. The van der Waals surface area contributed by atoms with E-state index >= 15 is 0 Å². The molecule has 1 amide bonds. The lowest BCUT2D eigenvalue weighted by atomic mass is 10.1. The first-order valence-corrected chi connectivity index (χ1v) is 11.9. The van der Waals surface area contributed by atoms with Gasteiger partial charge in [0.25, 0.3) is 0 Å². The molecule has 0 radical (unpaired) electrons. The fourth-order valence-electron chi connectivity index (χ4n) is 4.37. The van der Waals surface area contributed by atoms with Gasteiger partial charge in [0.05, 0.1) is 19.8 Å². The van der Waals surface area contributed by atoms with Gasteiger partial charge in [0, 0.05) is 45.2 Å². The van der Waals surface area contributed by atoms with E-state index in [-0.39, 0.29) is 24.9 Å². The Hall–Kier alpha value is -2.68. The van der Waals surface area contributed by atoms with Gasteiger partial charge in [-0.3, -0.25) is 9.69 Å². The molecule has 34 heavy (non-hydrogen) atoms. The van der Waals surface area contributed by atoms with Crippen molar-refractivity contribution in [2.45, 2.75) is 31.4 Å². The summed E-state index contributed by atoms with van der Waals surface area (Å²) in [4.78, 5) is 15.7. The van der Waals surface area contributed by atoms with E-state index in [1.165, 1.54) is 12.1 Å². The Kier molecular flexibility index (Phi) is 8.37. The number of rotatable bonds is 10. The van der Waals surface area contributed by atoms with Crippen LogP contribution in [0.15, 0.2) is 48.5 Å². The second kappa shape index (κ2) is 11.6. The van der Waals surface area contributed by atoms with E-state index in [4.69, 9.17) is 14.2 Å². The first-order valence-electron chi connectivity index (χ1n) is 11.9. The molecule has 2 fully saturated rings. The molecular formula is C26H33FN2O5. The fraction of sp³-hybridized carbons (Fsp3) is 0.500. The summed E-state index contributed by atoms with van der Waals surface area (Å²) in [6, 6.07) is 13.8. The Balaban J connectivity index is 1.27. The SMILES string of the molecule is O=C1CCCN1CCCOc1cccc(CN2CCOCC(O)(COc3cccc(F)c3)C2)c1. The molecule has 4 rings (SSSR count). The normalized spacial score (nSPS) is 21.5. The number of aliphatic hydroxyl groups is 1. The van der Waals surface area contributed by atoms with Crippen LogP contribution in [0.2, 0.25) is 0 Å². The molecule has 2 heterocycles. The van der Waals surface area contributed by atoms with Crippen molar-refractivity contribution < 1.29 is 28.5 Å². The summed E-state index contributed by atoms with van der Waals surface area (Å²) in [6.45, 7) is 4.50. The van der Waals surface area contributed by atoms with Crippen molar-refractivity contribution in [3.63, 3.8) is 0 Å². The number of halogens is 1. The fourth-order valence-corrected chi connectivity index (χ4v) is 4.37. The van der Waals surface area contributed by atoms with Crippen molar-refractivity contribution in [2.24, 2.45) is 0 Å². The molecule has 2 saturated heterocycles. The Morgan fingerprint density at radius 2 is 1.91 bits per heavy atom. The van der Waals surface area contributed by atoms with Crippen LogP contribution in [0.25, 0.3) is 0 Å². The van der Waals surface area contributed by atoms with Gasteiger partial charge in [0.15, 0.2) is 0 Å². The molecule has 8 heteroatoms.